The average Bonchev–Trinajstić information content (AvgIpc) is 2.64. The van der Waals surface area contributed by atoms with Crippen molar-refractivity contribution < 1.29 is 0 Å². The molecule has 0 bridgehead atoms. The number of H-pyrrole nitrogens is 1. The van der Waals surface area contributed by atoms with Crippen LogP contribution in [0.2, 0.25) is 0 Å². The highest BCUT2D eigenvalue weighted by Gasteiger charge is 2.00. The van der Waals surface area contributed by atoms with Crippen LogP contribution in [0.1, 0.15) is 17.8 Å². The Kier molecular flexibility index (Phi) is 3.54. The number of nitrogens with zero attached hydrogens (tertiary/aromatic N) is 1. The van der Waals surface area contributed by atoms with Crippen molar-refractivity contribution in [3.63, 3.8) is 0 Å². The molecule has 16 heavy (non-hydrogen) atoms. The van der Waals surface area contributed by atoms with Gasteiger partial charge in [0.05, 0.1) is 11.0 Å². The SMILES string of the molecule is Cc1nc2ccc(CNCCCN)cc2[nH]1. The predicted molar refractivity (Wildman–Crippen MR) is 66.2 cm³/mol. The molecule has 1 aromatic heterocycles. The third-order valence-electron chi connectivity index (χ3n) is 2.55. The summed E-state index contributed by atoms with van der Waals surface area (Å²) < 4.78 is 0. The Labute approximate surface area is 95.3 Å². The molecule has 0 aliphatic heterocycles. The topological polar surface area (TPSA) is 66.7 Å². The van der Waals surface area contributed by atoms with Gasteiger partial charge in [0, 0.05) is 6.54 Å². The minimum Gasteiger partial charge on any atom is -0.342 e. The van der Waals surface area contributed by atoms with Gasteiger partial charge < -0.3 is 16.0 Å². The lowest BCUT2D eigenvalue weighted by Crippen LogP contribution is -2.17. The first-order valence-corrected chi connectivity index (χ1v) is 5.65. The third kappa shape index (κ3) is 2.59. The van der Waals surface area contributed by atoms with Crippen molar-refractivity contribution in [2.45, 2.75) is 19.9 Å². The molecule has 4 nitrogen and oxygen atoms in total. The van der Waals surface area contributed by atoms with Crippen molar-refractivity contribution in [3.8, 4) is 0 Å². The molecule has 0 unspecified atom stereocenters. The second-order valence-corrected chi connectivity index (χ2v) is 3.99. The summed E-state index contributed by atoms with van der Waals surface area (Å²) in [7, 11) is 0. The van der Waals surface area contributed by atoms with Crippen LogP contribution in [0.15, 0.2) is 18.2 Å². The number of aromatic amines is 1. The highest BCUT2D eigenvalue weighted by molar-refractivity contribution is 5.75. The summed E-state index contributed by atoms with van der Waals surface area (Å²) in [6.45, 7) is 4.56. The minimum absolute atomic E-state index is 0.742. The van der Waals surface area contributed by atoms with Crippen LogP contribution >= 0.6 is 0 Å². The molecule has 0 atom stereocenters. The van der Waals surface area contributed by atoms with Gasteiger partial charge in [-0.1, -0.05) is 6.07 Å². The molecule has 0 saturated heterocycles. The van der Waals surface area contributed by atoms with E-state index in [1.165, 1.54) is 5.56 Å². The molecule has 0 fully saturated rings. The third-order valence-corrected chi connectivity index (χ3v) is 2.55. The van der Waals surface area contributed by atoms with E-state index in [9.17, 15) is 0 Å². The van der Waals surface area contributed by atoms with Crippen LogP contribution in [0.25, 0.3) is 11.0 Å². The molecule has 0 aliphatic rings. The number of benzene rings is 1. The van der Waals surface area contributed by atoms with E-state index in [2.05, 4.69) is 33.5 Å². The Morgan fingerprint density at radius 3 is 3.12 bits per heavy atom. The van der Waals surface area contributed by atoms with E-state index in [1.54, 1.807) is 0 Å². The van der Waals surface area contributed by atoms with Crippen LogP contribution < -0.4 is 11.1 Å². The maximum Gasteiger partial charge on any atom is 0.104 e. The van der Waals surface area contributed by atoms with Crippen molar-refractivity contribution >= 4 is 11.0 Å². The van der Waals surface area contributed by atoms with Gasteiger partial charge in [-0.15, -0.1) is 0 Å². The molecule has 4 heteroatoms. The van der Waals surface area contributed by atoms with Gasteiger partial charge in [0.1, 0.15) is 5.82 Å². The Morgan fingerprint density at radius 1 is 1.44 bits per heavy atom. The number of hydrogen-bond donors (Lipinski definition) is 3. The summed E-state index contributed by atoms with van der Waals surface area (Å²) in [6, 6.07) is 6.31. The van der Waals surface area contributed by atoms with Crippen LogP contribution in [-0.4, -0.2) is 23.1 Å². The van der Waals surface area contributed by atoms with E-state index in [0.29, 0.717) is 0 Å². The Bertz CT molecular complexity index is 461. The van der Waals surface area contributed by atoms with Crippen molar-refractivity contribution in [1.82, 2.24) is 15.3 Å². The maximum absolute atomic E-state index is 5.43. The molecule has 0 saturated carbocycles. The van der Waals surface area contributed by atoms with Gasteiger partial charge >= 0.3 is 0 Å². The first-order chi connectivity index (χ1) is 7.79. The summed E-state index contributed by atoms with van der Waals surface area (Å²) in [5, 5.41) is 3.36. The van der Waals surface area contributed by atoms with Gasteiger partial charge in [-0.05, 0) is 44.1 Å². The monoisotopic (exact) mass is 218 g/mol. The highest BCUT2D eigenvalue weighted by Crippen LogP contribution is 2.13. The van der Waals surface area contributed by atoms with Gasteiger partial charge in [-0.2, -0.15) is 0 Å². The molecule has 2 rings (SSSR count). The number of fused-ring (bicyclic) bond motifs is 1. The summed E-state index contributed by atoms with van der Waals surface area (Å²) in [5.74, 6) is 0.961. The first kappa shape index (κ1) is 11.1. The minimum atomic E-state index is 0.742. The quantitative estimate of drug-likeness (QED) is 0.663. The van der Waals surface area contributed by atoms with Crippen LogP contribution in [-0.2, 0) is 6.54 Å². The lowest BCUT2D eigenvalue weighted by atomic mass is 10.2. The molecule has 0 aliphatic carbocycles. The largest absolute Gasteiger partial charge is 0.342 e. The smallest absolute Gasteiger partial charge is 0.104 e. The number of aryl methyl sites for hydroxylation is 1. The second-order valence-electron chi connectivity index (χ2n) is 3.99. The Morgan fingerprint density at radius 2 is 2.31 bits per heavy atom. The molecule has 0 radical (unpaired) electrons. The molecule has 0 spiro atoms. The average molecular weight is 218 g/mol. The summed E-state index contributed by atoms with van der Waals surface area (Å²) >= 11 is 0. The normalized spacial score (nSPS) is 11.1. The first-order valence-electron chi connectivity index (χ1n) is 5.65. The van der Waals surface area contributed by atoms with E-state index in [0.717, 1.165) is 42.9 Å². The number of nitrogens with two attached hydrogens (primary N) is 1. The van der Waals surface area contributed by atoms with Gasteiger partial charge in [0.25, 0.3) is 0 Å². The van der Waals surface area contributed by atoms with Gasteiger partial charge in [0.15, 0.2) is 0 Å². The van der Waals surface area contributed by atoms with Gasteiger partial charge in [0.2, 0.25) is 0 Å². The molecule has 4 N–H and O–H groups in total. The lowest BCUT2D eigenvalue weighted by Gasteiger charge is -2.03. The van der Waals surface area contributed by atoms with Crippen molar-refractivity contribution in [2.75, 3.05) is 13.1 Å². The van der Waals surface area contributed by atoms with Crippen LogP contribution in [0.4, 0.5) is 0 Å². The number of nitrogens with one attached hydrogen (secondary N) is 2. The van der Waals surface area contributed by atoms with Crippen molar-refractivity contribution in [3.05, 3.63) is 29.6 Å². The zero-order valence-corrected chi connectivity index (χ0v) is 9.59. The predicted octanol–water partition coefficient (Wildman–Crippen LogP) is 1.31. The van der Waals surface area contributed by atoms with E-state index >= 15 is 0 Å². The fourth-order valence-electron chi connectivity index (χ4n) is 1.75. The number of aromatic nitrogens is 2. The van der Waals surface area contributed by atoms with Crippen LogP contribution in [0, 0.1) is 6.92 Å². The number of rotatable bonds is 5. The second kappa shape index (κ2) is 5.09. The van der Waals surface area contributed by atoms with Gasteiger partial charge in [-0.25, -0.2) is 4.98 Å². The molecule has 86 valence electrons. The number of imidazole rings is 1. The molecular formula is C12H18N4. The van der Waals surface area contributed by atoms with E-state index in [-0.39, 0.29) is 0 Å². The lowest BCUT2D eigenvalue weighted by molar-refractivity contribution is 0.656. The highest BCUT2D eigenvalue weighted by atomic mass is 14.9. The van der Waals surface area contributed by atoms with Crippen LogP contribution in [0.3, 0.4) is 0 Å². The summed E-state index contributed by atoms with van der Waals surface area (Å²) in [6.07, 6.45) is 1.02. The summed E-state index contributed by atoms with van der Waals surface area (Å²) in [5.41, 5.74) is 8.84. The van der Waals surface area contributed by atoms with Crippen molar-refractivity contribution in [2.24, 2.45) is 5.73 Å². The van der Waals surface area contributed by atoms with E-state index < -0.39 is 0 Å². The van der Waals surface area contributed by atoms with Crippen molar-refractivity contribution in [1.29, 1.82) is 0 Å². The standard InChI is InChI=1S/C12H18N4/c1-9-15-11-4-3-10(7-12(11)16-9)8-14-6-2-5-13/h3-4,7,14H,2,5-6,8,13H2,1H3,(H,15,16). The van der Waals surface area contributed by atoms with E-state index in [4.69, 9.17) is 5.73 Å². The fourth-order valence-corrected chi connectivity index (χ4v) is 1.75. The fraction of sp³-hybridized carbons (Fsp3) is 0.417. The zero-order chi connectivity index (χ0) is 11.4. The van der Waals surface area contributed by atoms with E-state index in [1.807, 2.05) is 6.92 Å². The van der Waals surface area contributed by atoms with Gasteiger partial charge in [-0.3, -0.25) is 0 Å². The molecule has 0 amide bonds. The Hall–Kier alpha value is -1.39. The molecular weight excluding hydrogens is 200 g/mol. The summed E-state index contributed by atoms with van der Waals surface area (Å²) in [4.78, 5) is 7.61. The number of hydrogen-bond acceptors (Lipinski definition) is 3. The molecule has 2 aromatic rings. The molecule has 1 aromatic carbocycles. The molecule has 1 heterocycles. The van der Waals surface area contributed by atoms with Crippen LogP contribution in [0.5, 0.6) is 0 Å². The maximum atomic E-state index is 5.43. The Balaban J connectivity index is 2.02. The zero-order valence-electron chi connectivity index (χ0n) is 9.59.